The predicted octanol–water partition coefficient (Wildman–Crippen LogP) is 7.45. The Hall–Kier alpha value is -3.13. The fraction of sp³-hybridized carbons (Fsp3) is 0.222. The van der Waals surface area contributed by atoms with E-state index in [0.29, 0.717) is 11.8 Å². The molecule has 0 aliphatic heterocycles. The zero-order valence-electron chi connectivity index (χ0n) is 17.6. The van der Waals surface area contributed by atoms with Crippen molar-refractivity contribution >= 4 is 0 Å². The summed E-state index contributed by atoms with van der Waals surface area (Å²) in [4.78, 5) is 0. The molecule has 0 bridgehead atoms. The van der Waals surface area contributed by atoms with E-state index in [1.807, 2.05) is 29.1 Å². The first-order valence-electron chi connectivity index (χ1n) is 10.4. The lowest BCUT2D eigenvalue weighted by atomic mass is 9.85. The second-order valence-electron chi connectivity index (χ2n) is 8.21. The highest BCUT2D eigenvalue weighted by atomic mass is 15.3. The van der Waals surface area contributed by atoms with Crippen LogP contribution in [-0.2, 0) is 0 Å². The molecule has 0 amide bonds. The van der Waals surface area contributed by atoms with Gasteiger partial charge in [-0.3, -0.25) is 0 Å². The molecule has 2 heteroatoms. The van der Waals surface area contributed by atoms with Crippen LogP contribution in [0.5, 0.6) is 0 Å². The molecule has 2 nitrogen and oxygen atoms in total. The van der Waals surface area contributed by atoms with Gasteiger partial charge in [0.25, 0.3) is 0 Å². The van der Waals surface area contributed by atoms with Gasteiger partial charge in [0.1, 0.15) is 0 Å². The van der Waals surface area contributed by atoms with E-state index in [0.717, 1.165) is 11.3 Å². The second-order valence-corrected chi connectivity index (χ2v) is 8.21. The van der Waals surface area contributed by atoms with Crippen LogP contribution in [0.2, 0.25) is 0 Å². The summed E-state index contributed by atoms with van der Waals surface area (Å²) in [7, 11) is 0. The summed E-state index contributed by atoms with van der Waals surface area (Å²) in [5.41, 5.74) is 8.90. The Bertz CT molecular complexity index is 1060. The van der Waals surface area contributed by atoms with Crippen molar-refractivity contribution in [2.24, 2.45) is 0 Å². The van der Waals surface area contributed by atoms with Crippen LogP contribution in [0.1, 0.15) is 50.7 Å². The van der Waals surface area contributed by atoms with E-state index in [9.17, 15) is 0 Å². The summed E-state index contributed by atoms with van der Waals surface area (Å²) in [5, 5.41) is 4.53. The van der Waals surface area contributed by atoms with Crippen molar-refractivity contribution in [2.45, 2.75) is 39.5 Å². The molecule has 4 rings (SSSR count). The van der Waals surface area contributed by atoms with Gasteiger partial charge in [-0.1, -0.05) is 88.4 Å². The summed E-state index contributed by atoms with van der Waals surface area (Å²) in [6.07, 6.45) is 4.02. The molecule has 0 spiro atoms. The third kappa shape index (κ3) is 3.88. The fourth-order valence-corrected chi connectivity index (χ4v) is 3.91. The van der Waals surface area contributed by atoms with Crippen LogP contribution >= 0.6 is 0 Å². The van der Waals surface area contributed by atoms with E-state index in [1.54, 1.807) is 0 Å². The fourth-order valence-electron chi connectivity index (χ4n) is 3.91. The van der Waals surface area contributed by atoms with Crippen LogP contribution in [0.25, 0.3) is 27.9 Å². The third-order valence-corrected chi connectivity index (χ3v) is 5.48. The van der Waals surface area contributed by atoms with Crippen LogP contribution in [-0.4, -0.2) is 9.78 Å². The van der Waals surface area contributed by atoms with Crippen molar-refractivity contribution < 1.29 is 0 Å². The number of benzene rings is 3. The summed E-state index contributed by atoms with van der Waals surface area (Å²) in [5.74, 6) is 0.986. The number of hydrogen-bond donors (Lipinski definition) is 0. The maximum atomic E-state index is 4.53. The molecule has 0 radical (unpaired) electrons. The van der Waals surface area contributed by atoms with Crippen molar-refractivity contribution in [3.8, 4) is 27.9 Å². The molecule has 0 atom stereocenters. The van der Waals surface area contributed by atoms with Gasteiger partial charge in [0, 0.05) is 11.8 Å². The Morgan fingerprint density at radius 1 is 0.621 bits per heavy atom. The normalized spacial score (nSPS) is 11.4. The Labute approximate surface area is 173 Å². The van der Waals surface area contributed by atoms with Gasteiger partial charge in [0.15, 0.2) is 0 Å². The van der Waals surface area contributed by atoms with Gasteiger partial charge >= 0.3 is 0 Å². The van der Waals surface area contributed by atoms with E-state index in [2.05, 4.69) is 93.6 Å². The monoisotopic (exact) mass is 380 g/mol. The van der Waals surface area contributed by atoms with E-state index in [-0.39, 0.29) is 0 Å². The Morgan fingerprint density at radius 3 is 1.79 bits per heavy atom. The molecule has 4 aromatic rings. The van der Waals surface area contributed by atoms with Gasteiger partial charge < -0.3 is 0 Å². The van der Waals surface area contributed by atoms with Gasteiger partial charge in [-0.05, 0) is 51.8 Å². The molecule has 0 aliphatic carbocycles. The maximum absolute atomic E-state index is 4.53. The van der Waals surface area contributed by atoms with Gasteiger partial charge in [-0.25, -0.2) is 4.68 Å². The minimum Gasteiger partial charge on any atom is -0.240 e. The number of hydrogen-bond acceptors (Lipinski definition) is 1. The van der Waals surface area contributed by atoms with Gasteiger partial charge in [-0.15, -0.1) is 0 Å². The minimum absolute atomic E-state index is 0.493. The lowest BCUT2D eigenvalue weighted by Gasteiger charge is -2.20. The molecule has 0 saturated carbocycles. The highest BCUT2D eigenvalue weighted by molar-refractivity contribution is 5.75. The SMILES string of the molecule is CC(C)c1cccc(C(C)C)c1-c1ccc(-c2cnn(-c3ccccc3)c2)cc1. The summed E-state index contributed by atoms with van der Waals surface area (Å²) < 4.78 is 1.92. The van der Waals surface area contributed by atoms with E-state index >= 15 is 0 Å². The molecule has 3 aromatic carbocycles. The molecule has 0 N–H and O–H groups in total. The van der Waals surface area contributed by atoms with E-state index in [1.165, 1.54) is 27.8 Å². The lowest BCUT2D eigenvalue weighted by molar-refractivity contribution is 0.838. The molecule has 0 aliphatic rings. The van der Waals surface area contributed by atoms with Crippen LogP contribution in [0, 0.1) is 0 Å². The van der Waals surface area contributed by atoms with Crippen LogP contribution in [0.3, 0.4) is 0 Å². The zero-order chi connectivity index (χ0) is 20.4. The first-order valence-corrected chi connectivity index (χ1v) is 10.4. The summed E-state index contributed by atoms with van der Waals surface area (Å²) in [6.45, 7) is 9.09. The Morgan fingerprint density at radius 2 is 1.21 bits per heavy atom. The average Bonchev–Trinajstić information content (AvgIpc) is 3.24. The van der Waals surface area contributed by atoms with Crippen molar-refractivity contribution in [2.75, 3.05) is 0 Å². The molecule has 1 heterocycles. The largest absolute Gasteiger partial charge is 0.240 e. The molecule has 0 fully saturated rings. The molecular weight excluding hydrogens is 352 g/mol. The summed E-state index contributed by atoms with van der Waals surface area (Å²) >= 11 is 0. The molecule has 146 valence electrons. The van der Waals surface area contributed by atoms with Crippen molar-refractivity contribution in [1.29, 1.82) is 0 Å². The molecule has 1 aromatic heterocycles. The predicted molar refractivity (Wildman–Crippen MR) is 123 cm³/mol. The van der Waals surface area contributed by atoms with Crippen LogP contribution in [0.4, 0.5) is 0 Å². The lowest BCUT2D eigenvalue weighted by Crippen LogP contribution is -1.99. The Balaban J connectivity index is 1.70. The smallest absolute Gasteiger partial charge is 0.0645 e. The van der Waals surface area contributed by atoms with Crippen LogP contribution in [0.15, 0.2) is 85.2 Å². The van der Waals surface area contributed by atoms with Gasteiger partial charge in [-0.2, -0.15) is 5.10 Å². The number of nitrogens with zero attached hydrogens (tertiary/aromatic N) is 2. The second kappa shape index (κ2) is 8.08. The standard InChI is InChI=1S/C27H28N2/c1-19(2)25-11-8-12-26(20(3)4)27(25)22-15-13-21(14-16-22)23-17-28-29(18-23)24-9-6-5-7-10-24/h5-20H,1-4H3. The highest BCUT2D eigenvalue weighted by Gasteiger charge is 2.15. The third-order valence-electron chi connectivity index (χ3n) is 5.48. The van der Waals surface area contributed by atoms with E-state index in [4.69, 9.17) is 0 Å². The molecule has 0 unspecified atom stereocenters. The number of para-hydroxylation sites is 1. The van der Waals surface area contributed by atoms with Crippen molar-refractivity contribution in [1.82, 2.24) is 9.78 Å². The topological polar surface area (TPSA) is 17.8 Å². The first kappa shape index (κ1) is 19.2. The molecule has 29 heavy (non-hydrogen) atoms. The molecule has 0 saturated heterocycles. The zero-order valence-corrected chi connectivity index (χ0v) is 17.6. The van der Waals surface area contributed by atoms with Gasteiger partial charge in [0.2, 0.25) is 0 Å². The van der Waals surface area contributed by atoms with Crippen molar-refractivity contribution in [3.63, 3.8) is 0 Å². The van der Waals surface area contributed by atoms with Gasteiger partial charge in [0.05, 0.1) is 11.9 Å². The van der Waals surface area contributed by atoms with E-state index < -0.39 is 0 Å². The first-order chi connectivity index (χ1) is 14.0. The Kier molecular flexibility index (Phi) is 5.35. The average molecular weight is 381 g/mol. The number of aromatic nitrogens is 2. The summed E-state index contributed by atoms with van der Waals surface area (Å²) in [6, 6.07) is 25.9. The highest BCUT2D eigenvalue weighted by Crippen LogP contribution is 2.36. The number of rotatable bonds is 5. The van der Waals surface area contributed by atoms with Crippen molar-refractivity contribution in [3.05, 3.63) is 96.3 Å². The minimum atomic E-state index is 0.493. The molecular formula is C27H28N2. The van der Waals surface area contributed by atoms with Crippen LogP contribution < -0.4 is 0 Å². The quantitative estimate of drug-likeness (QED) is 0.351. The maximum Gasteiger partial charge on any atom is 0.0645 e.